The van der Waals surface area contributed by atoms with Crippen LogP contribution in [0.5, 0.6) is 0 Å². The molecule has 0 saturated heterocycles. The molecule has 0 aromatic heterocycles. The first-order valence-corrected chi connectivity index (χ1v) is 6.30. The van der Waals surface area contributed by atoms with E-state index in [1.54, 1.807) is 13.0 Å². The van der Waals surface area contributed by atoms with E-state index < -0.39 is 5.97 Å². The van der Waals surface area contributed by atoms with Gasteiger partial charge >= 0.3 is 5.97 Å². The van der Waals surface area contributed by atoms with Crippen molar-refractivity contribution in [2.45, 2.75) is 40.0 Å². The molecule has 0 amide bonds. The van der Waals surface area contributed by atoms with E-state index in [0.29, 0.717) is 18.8 Å². The van der Waals surface area contributed by atoms with Crippen LogP contribution in [0.4, 0.5) is 0 Å². The summed E-state index contributed by atoms with van der Waals surface area (Å²) >= 11 is 0. The summed E-state index contributed by atoms with van der Waals surface area (Å²) in [6.07, 6.45) is 2.93. The highest BCUT2D eigenvalue weighted by Gasteiger charge is 2.30. The van der Waals surface area contributed by atoms with Gasteiger partial charge in [0.15, 0.2) is 5.78 Å². The van der Waals surface area contributed by atoms with Gasteiger partial charge in [-0.25, -0.2) is 4.79 Å². The van der Waals surface area contributed by atoms with Crippen LogP contribution in [-0.4, -0.2) is 23.5 Å². The van der Waals surface area contributed by atoms with Crippen molar-refractivity contribution in [3.63, 3.8) is 0 Å². The summed E-state index contributed by atoms with van der Waals surface area (Å²) in [6, 6.07) is 0. The minimum atomic E-state index is -0.532. The minimum absolute atomic E-state index is 0.00283. The van der Waals surface area contributed by atoms with Crippen molar-refractivity contribution in [2.24, 2.45) is 5.92 Å². The molecule has 0 atom stereocenters. The first-order chi connectivity index (χ1) is 8.47. The zero-order valence-electron chi connectivity index (χ0n) is 11.2. The molecule has 1 aliphatic rings. The number of carbonyl (C=O) groups excluding carboxylic acids is 2. The Balaban J connectivity index is 3.05. The lowest BCUT2D eigenvalue weighted by atomic mass is 10.00. The van der Waals surface area contributed by atoms with E-state index in [1.807, 2.05) is 13.8 Å². The third-order valence-corrected chi connectivity index (χ3v) is 2.71. The van der Waals surface area contributed by atoms with Crippen LogP contribution in [0.2, 0.25) is 0 Å². The van der Waals surface area contributed by atoms with E-state index >= 15 is 0 Å². The standard InChI is InChI=1S/C14H20O4/c1-4-18-14(17)10(6-5-9(2)3)13-11(15)7-8-12(13)16/h6,9,15H,4-5,7-8H2,1-3H3/b10-6-. The van der Waals surface area contributed by atoms with E-state index in [2.05, 4.69) is 0 Å². The average molecular weight is 252 g/mol. The summed E-state index contributed by atoms with van der Waals surface area (Å²) in [5.74, 6) is -0.345. The first kappa shape index (κ1) is 14.5. The predicted octanol–water partition coefficient (Wildman–Crippen LogP) is 2.70. The van der Waals surface area contributed by atoms with Crippen molar-refractivity contribution in [3.05, 3.63) is 23.0 Å². The first-order valence-electron chi connectivity index (χ1n) is 6.30. The summed E-state index contributed by atoms with van der Waals surface area (Å²) in [7, 11) is 0. The number of ether oxygens (including phenoxy) is 1. The van der Waals surface area contributed by atoms with Crippen LogP contribution in [0.3, 0.4) is 0 Å². The van der Waals surface area contributed by atoms with Crippen molar-refractivity contribution in [1.82, 2.24) is 0 Å². The highest BCUT2D eigenvalue weighted by atomic mass is 16.5. The number of carbonyl (C=O) groups is 2. The summed E-state index contributed by atoms with van der Waals surface area (Å²) in [5.41, 5.74) is 0.361. The number of aliphatic hydroxyl groups is 1. The molecule has 0 saturated carbocycles. The Hall–Kier alpha value is -1.58. The molecule has 1 rings (SSSR count). The molecule has 0 heterocycles. The smallest absolute Gasteiger partial charge is 0.338 e. The highest BCUT2D eigenvalue weighted by molar-refractivity contribution is 6.11. The second-order valence-electron chi connectivity index (χ2n) is 4.71. The molecule has 0 aliphatic heterocycles. The second-order valence-corrected chi connectivity index (χ2v) is 4.71. The van der Waals surface area contributed by atoms with Crippen LogP contribution in [-0.2, 0) is 14.3 Å². The monoisotopic (exact) mass is 252 g/mol. The Labute approximate surface area is 107 Å². The van der Waals surface area contributed by atoms with E-state index in [1.165, 1.54) is 0 Å². The largest absolute Gasteiger partial charge is 0.512 e. The molecule has 0 fully saturated rings. The van der Waals surface area contributed by atoms with Gasteiger partial charge in [-0.05, 0) is 19.3 Å². The zero-order chi connectivity index (χ0) is 13.7. The SMILES string of the molecule is CCOC(=O)/C(=C\CC(C)C)C1=C(O)CCC1=O. The molecule has 1 N–H and O–H groups in total. The molecule has 0 radical (unpaired) electrons. The van der Waals surface area contributed by atoms with Crippen molar-refractivity contribution in [2.75, 3.05) is 6.61 Å². The van der Waals surface area contributed by atoms with E-state index in [0.717, 1.165) is 0 Å². The summed E-state index contributed by atoms with van der Waals surface area (Å²) < 4.78 is 4.94. The number of rotatable bonds is 5. The van der Waals surface area contributed by atoms with Gasteiger partial charge in [-0.2, -0.15) is 0 Å². The minimum Gasteiger partial charge on any atom is -0.512 e. The molecule has 0 spiro atoms. The van der Waals surface area contributed by atoms with Crippen LogP contribution in [0.15, 0.2) is 23.0 Å². The number of hydrogen-bond acceptors (Lipinski definition) is 4. The third kappa shape index (κ3) is 3.45. The van der Waals surface area contributed by atoms with E-state index in [-0.39, 0.29) is 35.7 Å². The fourth-order valence-corrected chi connectivity index (χ4v) is 1.80. The Morgan fingerprint density at radius 3 is 2.56 bits per heavy atom. The summed E-state index contributed by atoms with van der Waals surface area (Å²) in [5, 5.41) is 9.72. The van der Waals surface area contributed by atoms with Gasteiger partial charge in [0.1, 0.15) is 5.76 Å². The molecule has 4 nitrogen and oxygen atoms in total. The van der Waals surface area contributed by atoms with Crippen molar-refractivity contribution in [1.29, 1.82) is 0 Å². The third-order valence-electron chi connectivity index (χ3n) is 2.71. The topological polar surface area (TPSA) is 63.6 Å². The number of esters is 1. The number of aliphatic hydroxyl groups excluding tert-OH is 1. The van der Waals surface area contributed by atoms with Gasteiger partial charge in [0, 0.05) is 12.8 Å². The van der Waals surface area contributed by atoms with Gasteiger partial charge in [-0.3, -0.25) is 4.79 Å². The maximum Gasteiger partial charge on any atom is 0.338 e. The summed E-state index contributed by atoms with van der Waals surface area (Å²) in [4.78, 5) is 23.6. The van der Waals surface area contributed by atoms with Crippen LogP contribution < -0.4 is 0 Å². The van der Waals surface area contributed by atoms with Crippen molar-refractivity contribution >= 4 is 11.8 Å². The number of allylic oxidation sites excluding steroid dienone is 2. The van der Waals surface area contributed by atoms with Gasteiger partial charge in [-0.15, -0.1) is 0 Å². The lowest BCUT2D eigenvalue weighted by Gasteiger charge is -2.09. The van der Waals surface area contributed by atoms with Gasteiger partial charge in [0.25, 0.3) is 0 Å². The number of hydrogen-bond donors (Lipinski definition) is 1. The number of ketones is 1. The van der Waals surface area contributed by atoms with Crippen LogP contribution in [0.25, 0.3) is 0 Å². The Morgan fingerprint density at radius 2 is 2.11 bits per heavy atom. The quantitative estimate of drug-likeness (QED) is 0.603. The predicted molar refractivity (Wildman–Crippen MR) is 68.1 cm³/mol. The molecule has 4 heteroatoms. The molecule has 0 bridgehead atoms. The van der Waals surface area contributed by atoms with Crippen LogP contribution in [0.1, 0.15) is 40.0 Å². The normalized spacial score (nSPS) is 16.7. The maximum absolute atomic E-state index is 11.8. The molecule has 0 aromatic rings. The molecule has 1 aliphatic carbocycles. The lowest BCUT2D eigenvalue weighted by Crippen LogP contribution is -2.14. The highest BCUT2D eigenvalue weighted by Crippen LogP contribution is 2.28. The lowest BCUT2D eigenvalue weighted by molar-refractivity contribution is -0.138. The van der Waals surface area contributed by atoms with Gasteiger partial charge in [0.2, 0.25) is 0 Å². The molecule has 0 aromatic carbocycles. The number of Topliss-reactive ketones (excluding diaryl/α,β-unsaturated/α-hetero) is 1. The zero-order valence-corrected chi connectivity index (χ0v) is 11.2. The van der Waals surface area contributed by atoms with E-state index in [9.17, 15) is 14.7 Å². The Kier molecular flexibility index (Phi) is 5.13. The average Bonchev–Trinajstić information content (AvgIpc) is 2.61. The van der Waals surface area contributed by atoms with Crippen molar-refractivity contribution < 1.29 is 19.4 Å². The van der Waals surface area contributed by atoms with Gasteiger partial charge in [0.05, 0.1) is 17.8 Å². The molecular formula is C14H20O4. The second kappa shape index (κ2) is 6.38. The fourth-order valence-electron chi connectivity index (χ4n) is 1.80. The molecule has 18 heavy (non-hydrogen) atoms. The van der Waals surface area contributed by atoms with Gasteiger partial charge in [-0.1, -0.05) is 19.9 Å². The van der Waals surface area contributed by atoms with Crippen molar-refractivity contribution in [3.8, 4) is 0 Å². The fraction of sp³-hybridized carbons (Fsp3) is 0.571. The van der Waals surface area contributed by atoms with Gasteiger partial charge < -0.3 is 9.84 Å². The van der Waals surface area contributed by atoms with E-state index in [4.69, 9.17) is 4.74 Å². The maximum atomic E-state index is 11.8. The molecule has 0 unspecified atom stereocenters. The molecule has 100 valence electrons. The Bertz CT molecular complexity index is 402. The Morgan fingerprint density at radius 1 is 1.44 bits per heavy atom. The van der Waals surface area contributed by atoms with Crippen LogP contribution in [0, 0.1) is 5.92 Å². The summed E-state index contributed by atoms with van der Waals surface area (Å²) in [6.45, 7) is 6.00. The molecular weight excluding hydrogens is 232 g/mol. The van der Waals surface area contributed by atoms with Crippen LogP contribution >= 0.6 is 0 Å².